The van der Waals surface area contributed by atoms with Gasteiger partial charge in [0, 0.05) is 12.8 Å². The van der Waals surface area contributed by atoms with Crippen molar-refractivity contribution in [1.29, 1.82) is 0 Å². The summed E-state index contributed by atoms with van der Waals surface area (Å²) in [4.78, 5) is 0. The molecule has 1 aromatic carbocycles. The maximum atomic E-state index is 5.28. The molecule has 0 heterocycles. The molecule has 1 N–H and O–H groups in total. The summed E-state index contributed by atoms with van der Waals surface area (Å²) in [5.74, 6) is 1.40. The van der Waals surface area contributed by atoms with Gasteiger partial charge in [0.2, 0.25) is 0 Å². The van der Waals surface area contributed by atoms with Crippen molar-refractivity contribution < 1.29 is 4.74 Å². The predicted octanol–water partition coefficient (Wildman–Crippen LogP) is 3.65. The highest BCUT2D eigenvalue weighted by molar-refractivity contribution is 5.46. The molecule has 0 amide bonds. The van der Waals surface area contributed by atoms with E-state index < -0.39 is 0 Å². The van der Waals surface area contributed by atoms with Crippen molar-refractivity contribution in [2.75, 3.05) is 19.0 Å². The Hall–Kier alpha value is -1.02. The highest BCUT2D eigenvalue weighted by atomic mass is 16.5. The van der Waals surface area contributed by atoms with Crippen molar-refractivity contribution in [3.8, 4) is 0 Å². The van der Waals surface area contributed by atoms with Crippen molar-refractivity contribution in [1.82, 2.24) is 0 Å². The van der Waals surface area contributed by atoms with Gasteiger partial charge >= 0.3 is 0 Å². The Bertz CT molecular complexity index is 340. The molecule has 17 heavy (non-hydrogen) atoms. The van der Waals surface area contributed by atoms with Gasteiger partial charge in [-0.25, -0.2) is 0 Å². The molecule has 1 aliphatic rings. The molecular weight excluding hydrogens is 210 g/mol. The van der Waals surface area contributed by atoms with Crippen LogP contribution in [0.2, 0.25) is 0 Å². The van der Waals surface area contributed by atoms with Crippen LogP contribution >= 0.6 is 0 Å². The van der Waals surface area contributed by atoms with E-state index in [2.05, 4.69) is 43.4 Å². The Morgan fingerprint density at radius 3 is 2.35 bits per heavy atom. The van der Waals surface area contributed by atoms with Gasteiger partial charge in [0.1, 0.15) is 0 Å². The molecule has 2 rings (SSSR count). The van der Waals surface area contributed by atoms with Crippen LogP contribution in [0.25, 0.3) is 0 Å². The molecule has 1 aromatic rings. The molecule has 2 heteroatoms. The van der Waals surface area contributed by atoms with Gasteiger partial charge in [0.05, 0.1) is 12.6 Å². The van der Waals surface area contributed by atoms with E-state index in [0.29, 0.717) is 12.0 Å². The molecule has 1 atom stereocenters. The highest BCUT2D eigenvalue weighted by Gasteiger charge is 2.30. The van der Waals surface area contributed by atoms with Crippen LogP contribution in [0.3, 0.4) is 0 Å². The maximum Gasteiger partial charge on any atom is 0.0666 e. The third kappa shape index (κ3) is 3.47. The first-order chi connectivity index (χ1) is 8.20. The van der Waals surface area contributed by atoms with Gasteiger partial charge < -0.3 is 10.1 Å². The molecule has 0 radical (unpaired) electrons. The molecule has 1 fully saturated rings. The van der Waals surface area contributed by atoms with E-state index in [1.807, 2.05) is 0 Å². The monoisotopic (exact) mass is 233 g/mol. The van der Waals surface area contributed by atoms with E-state index >= 15 is 0 Å². The van der Waals surface area contributed by atoms with Crippen LogP contribution < -0.4 is 5.32 Å². The Morgan fingerprint density at radius 1 is 1.24 bits per heavy atom. The molecule has 0 bridgehead atoms. The number of rotatable bonds is 6. The minimum atomic E-state index is 0.477. The predicted molar refractivity (Wildman–Crippen MR) is 72.5 cm³/mol. The zero-order valence-corrected chi connectivity index (χ0v) is 11.1. The molecule has 1 aliphatic carbocycles. The first-order valence-corrected chi connectivity index (χ1v) is 6.56. The van der Waals surface area contributed by atoms with E-state index in [1.54, 1.807) is 7.11 Å². The zero-order chi connectivity index (χ0) is 12.3. The Balaban J connectivity index is 1.96. The second-order valence-electron chi connectivity index (χ2n) is 5.32. The summed E-state index contributed by atoms with van der Waals surface area (Å²) < 4.78 is 5.28. The zero-order valence-electron chi connectivity index (χ0n) is 11.1. The summed E-state index contributed by atoms with van der Waals surface area (Å²) in [6, 6.07) is 9.26. The summed E-state index contributed by atoms with van der Waals surface area (Å²) in [6.45, 7) is 5.25. The van der Waals surface area contributed by atoms with Crippen LogP contribution in [-0.2, 0) is 4.74 Å². The minimum Gasteiger partial charge on any atom is -0.383 e. The van der Waals surface area contributed by atoms with Crippen molar-refractivity contribution >= 4 is 5.69 Å². The quantitative estimate of drug-likeness (QED) is 0.810. The van der Waals surface area contributed by atoms with E-state index in [0.717, 1.165) is 12.5 Å². The van der Waals surface area contributed by atoms with Gasteiger partial charge in [0.15, 0.2) is 0 Å². The first-order valence-electron chi connectivity index (χ1n) is 6.56. The molecule has 0 spiro atoms. The Labute approximate surface area is 104 Å². The van der Waals surface area contributed by atoms with Crippen LogP contribution in [0.15, 0.2) is 24.3 Å². The van der Waals surface area contributed by atoms with Gasteiger partial charge in [-0.2, -0.15) is 0 Å². The van der Waals surface area contributed by atoms with Crippen molar-refractivity contribution in [3.63, 3.8) is 0 Å². The van der Waals surface area contributed by atoms with Crippen molar-refractivity contribution in [2.24, 2.45) is 5.92 Å². The number of hydrogen-bond donors (Lipinski definition) is 1. The fourth-order valence-corrected chi connectivity index (χ4v) is 2.15. The summed E-state index contributed by atoms with van der Waals surface area (Å²) in [6.07, 6.45) is 2.68. The summed E-state index contributed by atoms with van der Waals surface area (Å²) in [5.41, 5.74) is 2.61. The summed E-state index contributed by atoms with van der Waals surface area (Å²) in [7, 11) is 1.78. The lowest BCUT2D eigenvalue weighted by Gasteiger charge is -2.19. The van der Waals surface area contributed by atoms with Crippen LogP contribution in [-0.4, -0.2) is 19.8 Å². The van der Waals surface area contributed by atoms with E-state index in [9.17, 15) is 0 Å². The number of ether oxygens (including phenoxy) is 1. The maximum absolute atomic E-state index is 5.28. The average molecular weight is 233 g/mol. The van der Waals surface area contributed by atoms with Gasteiger partial charge in [-0.1, -0.05) is 26.0 Å². The molecule has 0 aromatic heterocycles. The van der Waals surface area contributed by atoms with Crippen molar-refractivity contribution in [2.45, 2.75) is 38.6 Å². The Kier molecular flexibility index (Phi) is 4.06. The second kappa shape index (κ2) is 5.54. The molecule has 0 aliphatic heterocycles. The average Bonchev–Trinajstić information content (AvgIpc) is 3.13. The van der Waals surface area contributed by atoms with Crippen molar-refractivity contribution in [3.05, 3.63) is 29.8 Å². The highest BCUT2D eigenvalue weighted by Crippen LogP contribution is 2.34. The lowest BCUT2D eigenvalue weighted by atomic mass is 10.0. The summed E-state index contributed by atoms with van der Waals surface area (Å²) in [5, 5.41) is 3.58. The SMILES string of the molecule is COCC(Nc1ccc(C(C)C)cc1)C1CC1. The van der Waals surface area contributed by atoms with Gasteiger partial charge in [-0.05, 0) is 42.4 Å². The van der Waals surface area contributed by atoms with Gasteiger partial charge in [-0.3, -0.25) is 0 Å². The fraction of sp³-hybridized carbons (Fsp3) is 0.600. The smallest absolute Gasteiger partial charge is 0.0666 e. The Morgan fingerprint density at radius 2 is 1.88 bits per heavy atom. The molecule has 1 saturated carbocycles. The number of methoxy groups -OCH3 is 1. The molecule has 0 saturated heterocycles. The fourth-order valence-electron chi connectivity index (χ4n) is 2.15. The number of benzene rings is 1. The molecular formula is C15H23NO. The lowest BCUT2D eigenvalue weighted by Crippen LogP contribution is -2.27. The standard InChI is InChI=1S/C15H23NO/c1-11(2)12-6-8-14(9-7-12)16-15(10-17-3)13-4-5-13/h6-9,11,13,15-16H,4-5,10H2,1-3H3. The van der Waals surface area contributed by atoms with E-state index in [1.165, 1.54) is 24.1 Å². The van der Waals surface area contributed by atoms with E-state index in [-0.39, 0.29) is 0 Å². The third-order valence-electron chi connectivity index (χ3n) is 3.47. The largest absolute Gasteiger partial charge is 0.383 e. The second-order valence-corrected chi connectivity index (χ2v) is 5.32. The minimum absolute atomic E-state index is 0.477. The van der Waals surface area contributed by atoms with Crippen LogP contribution in [0, 0.1) is 5.92 Å². The molecule has 1 unspecified atom stereocenters. The third-order valence-corrected chi connectivity index (χ3v) is 3.47. The van der Waals surface area contributed by atoms with Crippen LogP contribution in [0.1, 0.15) is 38.2 Å². The summed E-state index contributed by atoms with van der Waals surface area (Å²) >= 11 is 0. The molecule has 2 nitrogen and oxygen atoms in total. The number of nitrogens with one attached hydrogen (secondary N) is 1. The first kappa shape index (κ1) is 12.4. The number of anilines is 1. The van der Waals surface area contributed by atoms with E-state index in [4.69, 9.17) is 4.74 Å². The van der Waals surface area contributed by atoms with Gasteiger partial charge in [0.25, 0.3) is 0 Å². The lowest BCUT2D eigenvalue weighted by molar-refractivity contribution is 0.179. The normalized spacial score (nSPS) is 17.2. The van der Waals surface area contributed by atoms with Crippen LogP contribution in [0.5, 0.6) is 0 Å². The number of hydrogen-bond acceptors (Lipinski definition) is 2. The topological polar surface area (TPSA) is 21.3 Å². The molecule has 94 valence electrons. The van der Waals surface area contributed by atoms with Gasteiger partial charge in [-0.15, -0.1) is 0 Å². The van der Waals surface area contributed by atoms with Crippen LogP contribution in [0.4, 0.5) is 5.69 Å².